The van der Waals surface area contributed by atoms with E-state index in [2.05, 4.69) is 86.6 Å². The molecule has 0 spiro atoms. The van der Waals surface area contributed by atoms with E-state index in [1.54, 1.807) is 28.4 Å². The second kappa shape index (κ2) is 9.39. The molecule has 0 aliphatic heterocycles. The first-order valence-corrected chi connectivity index (χ1v) is 13.1. The number of aryl methyl sites for hydroxylation is 2. The van der Waals surface area contributed by atoms with E-state index >= 15 is 0 Å². The molecule has 0 unspecified atom stereocenters. The van der Waals surface area contributed by atoms with E-state index in [4.69, 9.17) is 18.9 Å². The summed E-state index contributed by atoms with van der Waals surface area (Å²) in [6, 6.07) is 30.4. The second-order valence-electron chi connectivity index (χ2n) is 10.1. The van der Waals surface area contributed by atoms with Crippen molar-refractivity contribution < 1.29 is 18.9 Å². The van der Waals surface area contributed by atoms with E-state index < -0.39 is 5.41 Å². The monoisotopic (exact) mass is 516 g/mol. The third-order valence-corrected chi connectivity index (χ3v) is 8.14. The van der Waals surface area contributed by atoms with Crippen LogP contribution in [0.5, 0.6) is 23.0 Å². The Morgan fingerprint density at radius 1 is 0.513 bits per heavy atom. The van der Waals surface area contributed by atoms with Crippen molar-refractivity contribution in [2.24, 2.45) is 0 Å². The van der Waals surface area contributed by atoms with Crippen LogP contribution >= 0.6 is 0 Å². The van der Waals surface area contributed by atoms with Crippen LogP contribution in [0.25, 0.3) is 21.9 Å². The molecule has 1 aliphatic rings. The van der Waals surface area contributed by atoms with Gasteiger partial charge in [0.25, 0.3) is 0 Å². The van der Waals surface area contributed by atoms with E-state index in [0.717, 1.165) is 11.1 Å². The summed E-state index contributed by atoms with van der Waals surface area (Å²) in [7, 11) is 6.70. The van der Waals surface area contributed by atoms with Gasteiger partial charge in [-0.25, -0.2) is 0 Å². The summed E-state index contributed by atoms with van der Waals surface area (Å²) in [6.07, 6.45) is 0. The van der Waals surface area contributed by atoms with Gasteiger partial charge in [0.1, 0.15) is 0 Å². The van der Waals surface area contributed by atoms with Crippen molar-refractivity contribution in [2.75, 3.05) is 28.4 Å². The number of ether oxygens (including phenoxy) is 4. The van der Waals surface area contributed by atoms with E-state index in [0.29, 0.717) is 23.0 Å². The Hall–Kier alpha value is -4.44. The predicted molar refractivity (Wildman–Crippen MR) is 157 cm³/mol. The van der Waals surface area contributed by atoms with Gasteiger partial charge >= 0.3 is 0 Å². The van der Waals surface area contributed by atoms with E-state index in [1.807, 2.05) is 12.1 Å². The number of hydrogen-bond acceptors (Lipinski definition) is 4. The first-order chi connectivity index (χ1) is 19.0. The molecule has 6 rings (SSSR count). The third kappa shape index (κ3) is 3.51. The molecular formula is C35H32O4. The van der Waals surface area contributed by atoms with Crippen LogP contribution in [0.15, 0.2) is 84.9 Å². The number of methoxy groups -OCH3 is 4. The Balaban J connectivity index is 1.84. The van der Waals surface area contributed by atoms with Crippen molar-refractivity contribution in [3.05, 3.63) is 118 Å². The molecule has 0 N–H and O–H groups in total. The molecule has 0 fully saturated rings. The maximum atomic E-state index is 5.82. The summed E-state index contributed by atoms with van der Waals surface area (Å²) in [6.45, 7) is 4.35. The summed E-state index contributed by atoms with van der Waals surface area (Å²) in [5, 5.41) is 2.51. The van der Waals surface area contributed by atoms with Crippen LogP contribution in [0.3, 0.4) is 0 Å². The van der Waals surface area contributed by atoms with Crippen LogP contribution in [0.2, 0.25) is 0 Å². The van der Waals surface area contributed by atoms with Gasteiger partial charge < -0.3 is 18.9 Å². The number of rotatable bonds is 6. The lowest BCUT2D eigenvalue weighted by Gasteiger charge is -2.35. The highest BCUT2D eigenvalue weighted by molar-refractivity contribution is 6.05. The van der Waals surface area contributed by atoms with Crippen molar-refractivity contribution in [3.8, 4) is 34.1 Å². The third-order valence-electron chi connectivity index (χ3n) is 8.14. The van der Waals surface area contributed by atoms with Gasteiger partial charge in [0.15, 0.2) is 23.0 Å². The van der Waals surface area contributed by atoms with Crippen molar-refractivity contribution in [1.82, 2.24) is 0 Å². The largest absolute Gasteiger partial charge is 0.493 e. The summed E-state index contributed by atoms with van der Waals surface area (Å²) >= 11 is 0. The maximum absolute atomic E-state index is 5.82. The fraction of sp³-hybridized carbons (Fsp3) is 0.200. The maximum Gasteiger partial charge on any atom is 0.161 e. The fourth-order valence-corrected chi connectivity index (χ4v) is 6.40. The van der Waals surface area contributed by atoms with E-state index in [9.17, 15) is 0 Å². The van der Waals surface area contributed by atoms with Gasteiger partial charge in [0.2, 0.25) is 0 Å². The molecule has 0 saturated heterocycles. The van der Waals surface area contributed by atoms with Crippen LogP contribution in [0, 0.1) is 13.8 Å². The van der Waals surface area contributed by atoms with Gasteiger partial charge in [-0.1, -0.05) is 66.2 Å². The molecule has 0 heterocycles. The van der Waals surface area contributed by atoms with Gasteiger partial charge in [-0.2, -0.15) is 0 Å². The number of hydrogen-bond donors (Lipinski definition) is 0. The molecule has 4 nitrogen and oxygen atoms in total. The predicted octanol–water partition coefficient (Wildman–Crippen LogP) is 7.85. The second-order valence-corrected chi connectivity index (χ2v) is 10.1. The molecule has 39 heavy (non-hydrogen) atoms. The first-order valence-electron chi connectivity index (χ1n) is 13.1. The quantitative estimate of drug-likeness (QED) is 0.226. The SMILES string of the molecule is COc1ccc(C2(c3ccc(OC)c(OC)c3)c3cc(C)ccc3-c3c2cc(C)c2ccccc32)cc1OC. The van der Waals surface area contributed by atoms with Crippen LogP contribution in [-0.4, -0.2) is 28.4 Å². The standard InChI is InChI=1S/C35H32O4/c1-21-11-14-27-28(17-21)35(23-12-15-30(36-3)32(19-23)38-5,24-13-16-31(37-4)33(20-24)39-6)29-18-22(2)25-9-7-8-10-26(25)34(27)29/h7-20H,1-6H3. The van der Waals surface area contributed by atoms with Gasteiger partial charge in [-0.3, -0.25) is 0 Å². The van der Waals surface area contributed by atoms with E-state index in [-0.39, 0.29) is 0 Å². The van der Waals surface area contributed by atoms with Crippen molar-refractivity contribution in [2.45, 2.75) is 19.3 Å². The lowest BCUT2D eigenvalue weighted by atomic mass is 9.67. The van der Waals surface area contributed by atoms with Crippen molar-refractivity contribution in [1.29, 1.82) is 0 Å². The average molecular weight is 517 g/mol. The van der Waals surface area contributed by atoms with Gasteiger partial charge in [0.05, 0.1) is 33.9 Å². The highest BCUT2D eigenvalue weighted by atomic mass is 16.5. The highest BCUT2D eigenvalue weighted by Gasteiger charge is 2.47. The first kappa shape index (κ1) is 24.9. The fourth-order valence-electron chi connectivity index (χ4n) is 6.40. The molecule has 0 atom stereocenters. The molecule has 4 heteroatoms. The van der Waals surface area contributed by atoms with Crippen LogP contribution < -0.4 is 18.9 Å². The minimum Gasteiger partial charge on any atom is -0.493 e. The summed E-state index contributed by atoms with van der Waals surface area (Å²) in [5.74, 6) is 2.77. The summed E-state index contributed by atoms with van der Waals surface area (Å²) in [5.41, 5.74) is 8.94. The van der Waals surface area contributed by atoms with Crippen LogP contribution in [-0.2, 0) is 5.41 Å². The molecule has 0 saturated carbocycles. The molecule has 0 aromatic heterocycles. The highest BCUT2D eigenvalue weighted by Crippen LogP contribution is 2.59. The minimum absolute atomic E-state index is 0.634. The minimum atomic E-state index is -0.634. The topological polar surface area (TPSA) is 36.9 Å². The zero-order chi connectivity index (χ0) is 27.3. The number of benzene rings is 5. The van der Waals surface area contributed by atoms with Crippen LogP contribution in [0.4, 0.5) is 0 Å². The smallest absolute Gasteiger partial charge is 0.161 e. The Bertz CT molecular complexity index is 1680. The zero-order valence-electron chi connectivity index (χ0n) is 23.2. The van der Waals surface area contributed by atoms with Crippen LogP contribution in [0.1, 0.15) is 33.4 Å². The molecule has 5 aromatic carbocycles. The normalized spacial score (nSPS) is 13.1. The molecule has 5 aromatic rings. The average Bonchev–Trinajstić information content (AvgIpc) is 3.26. The van der Waals surface area contributed by atoms with Crippen molar-refractivity contribution >= 4 is 10.8 Å². The molecular weight excluding hydrogens is 484 g/mol. The Labute approximate surface area is 229 Å². The molecule has 0 radical (unpaired) electrons. The van der Waals surface area contributed by atoms with Gasteiger partial charge in [-0.05, 0) is 87.8 Å². The van der Waals surface area contributed by atoms with Crippen molar-refractivity contribution in [3.63, 3.8) is 0 Å². The molecule has 0 bridgehead atoms. The lowest BCUT2D eigenvalue weighted by molar-refractivity contribution is 0.353. The Morgan fingerprint density at radius 2 is 1.08 bits per heavy atom. The molecule has 1 aliphatic carbocycles. The molecule has 0 amide bonds. The molecule has 196 valence electrons. The van der Waals surface area contributed by atoms with E-state index in [1.165, 1.54) is 44.2 Å². The lowest BCUT2D eigenvalue weighted by Crippen LogP contribution is -2.29. The van der Waals surface area contributed by atoms with Gasteiger partial charge in [-0.15, -0.1) is 0 Å². The van der Waals surface area contributed by atoms with Gasteiger partial charge in [0, 0.05) is 0 Å². The summed E-state index contributed by atoms with van der Waals surface area (Å²) < 4.78 is 22.9. The Kier molecular flexibility index (Phi) is 5.99. The Morgan fingerprint density at radius 3 is 1.64 bits per heavy atom. The summed E-state index contributed by atoms with van der Waals surface area (Å²) in [4.78, 5) is 0. The number of fused-ring (bicyclic) bond motifs is 5. The zero-order valence-corrected chi connectivity index (χ0v) is 23.2.